The summed E-state index contributed by atoms with van der Waals surface area (Å²) in [6, 6.07) is 0. The van der Waals surface area contributed by atoms with Crippen LogP contribution in [0.15, 0.2) is 11.6 Å². The van der Waals surface area contributed by atoms with E-state index in [1.807, 2.05) is 0 Å². The van der Waals surface area contributed by atoms with Gasteiger partial charge < -0.3 is 4.74 Å². The normalized spacial score (nSPS) is 44.2. The highest BCUT2D eigenvalue weighted by Crippen LogP contribution is 2.67. The third kappa shape index (κ3) is 4.09. The van der Waals surface area contributed by atoms with Gasteiger partial charge in [-0.05, 0) is 97.7 Å². The van der Waals surface area contributed by atoms with Crippen LogP contribution in [0.25, 0.3) is 0 Å². The highest BCUT2D eigenvalue weighted by molar-refractivity contribution is 7.16. The van der Waals surface area contributed by atoms with E-state index >= 15 is 0 Å². The van der Waals surface area contributed by atoms with Crippen LogP contribution in [-0.4, -0.2) is 12.5 Å². The first-order valence-corrected chi connectivity index (χ1v) is 14.1. The molecule has 3 saturated carbocycles. The van der Waals surface area contributed by atoms with Crippen molar-refractivity contribution in [3.8, 4) is 0 Å². The quantitative estimate of drug-likeness (QED) is 0.291. The molecule has 172 valence electrons. The molecule has 6 unspecified atom stereocenters. The lowest BCUT2D eigenvalue weighted by molar-refractivity contribution is -0.0610. The van der Waals surface area contributed by atoms with Crippen molar-refractivity contribution in [2.75, 3.05) is 6.35 Å². The van der Waals surface area contributed by atoms with Gasteiger partial charge in [-0.25, -0.2) is 0 Å². The zero-order valence-corrected chi connectivity index (χ0v) is 21.7. The van der Waals surface area contributed by atoms with Crippen LogP contribution < -0.4 is 0 Å². The van der Waals surface area contributed by atoms with E-state index in [0.29, 0.717) is 16.9 Å². The lowest BCUT2D eigenvalue weighted by Crippen LogP contribution is -2.51. The minimum absolute atomic E-state index is 0.464. The highest BCUT2D eigenvalue weighted by Gasteiger charge is 2.59. The first kappa shape index (κ1) is 23.3. The van der Waals surface area contributed by atoms with Gasteiger partial charge in [-0.15, -0.1) is 9.24 Å². The lowest BCUT2D eigenvalue weighted by atomic mass is 9.47. The second-order valence-corrected chi connectivity index (χ2v) is 12.8. The Bertz CT molecular complexity index is 626. The third-order valence-corrected chi connectivity index (χ3v) is 10.8. The summed E-state index contributed by atoms with van der Waals surface area (Å²) in [4.78, 5) is 0. The second kappa shape index (κ2) is 9.17. The molecule has 0 aromatic rings. The van der Waals surface area contributed by atoms with Crippen LogP contribution in [0.2, 0.25) is 0 Å². The number of allylic oxidation sites excluding steroid dienone is 1. The topological polar surface area (TPSA) is 9.23 Å². The SMILES string of the molecule is CC(C)CCCC(C)C1CCC2C3CC=C4C[C@@H](OCP)CC[C@]4(C)C3CC[C@]12C. The van der Waals surface area contributed by atoms with Crippen LogP contribution in [0.3, 0.4) is 0 Å². The van der Waals surface area contributed by atoms with E-state index in [1.54, 1.807) is 5.57 Å². The molecule has 0 aromatic heterocycles. The molecule has 1 nitrogen and oxygen atoms in total. The molecule has 30 heavy (non-hydrogen) atoms. The maximum absolute atomic E-state index is 6.01. The van der Waals surface area contributed by atoms with Gasteiger partial charge in [0.1, 0.15) is 0 Å². The van der Waals surface area contributed by atoms with E-state index in [9.17, 15) is 0 Å². The average Bonchev–Trinajstić information content (AvgIpc) is 3.05. The van der Waals surface area contributed by atoms with Gasteiger partial charge in [0.15, 0.2) is 0 Å². The number of ether oxygens (including phenoxy) is 1. The first-order valence-electron chi connectivity index (χ1n) is 13.3. The molecule has 2 heteroatoms. The molecule has 0 saturated heterocycles. The lowest BCUT2D eigenvalue weighted by Gasteiger charge is -2.58. The molecule has 0 aromatic carbocycles. The monoisotopic (exact) mass is 432 g/mol. The summed E-state index contributed by atoms with van der Waals surface area (Å²) in [6.45, 7) is 12.7. The van der Waals surface area contributed by atoms with Crippen molar-refractivity contribution in [2.45, 2.75) is 111 Å². The summed E-state index contributed by atoms with van der Waals surface area (Å²) >= 11 is 0. The molecule has 0 spiro atoms. The molecule has 4 aliphatic carbocycles. The Morgan fingerprint density at radius 1 is 1.03 bits per heavy atom. The van der Waals surface area contributed by atoms with E-state index in [4.69, 9.17) is 4.74 Å². The van der Waals surface area contributed by atoms with E-state index < -0.39 is 0 Å². The van der Waals surface area contributed by atoms with Crippen LogP contribution >= 0.6 is 9.24 Å². The molecule has 0 aliphatic heterocycles. The maximum Gasteiger partial charge on any atom is 0.0617 e. The van der Waals surface area contributed by atoms with Gasteiger partial charge in [0.05, 0.1) is 12.5 Å². The summed E-state index contributed by atoms with van der Waals surface area (Å²) in [7, 11) is 2.74. The summed E-state index contributed by atoms with van der Waals surface area (Å²) in [6.07, 6.45) is 19.4. The molecule has 4 aliphatic rings. The molecule has 4 rings (SSSR count). The Hall–Kier alpha value is 0.130. The van der Waals surface area contributed by atoms with Gasteiger partial charge in [0.2, 0.25) is 0 Å². The predicted molar refractivity (Wildman–Crippen MR) is 132 cm³/mol. The van der Waals surface area contributed by atoms with Crippen molar-refractivity contribution >= 4 is 9.24 Å². The van der Waals surface area contributed by atoms with Crippen molar-refractivity contribution in [1.82, 2.24) is 0 Å². The zero-order chi connectivity index (χ0) is 21.5. The van der Waals surface area contributed by atoms with Gasteiger partial charge in [-0.1, -0.05) is 65.5 Å². The highest BCUT2D eigenvalue weighted by atomic mass is 31.0. The average molecular weight is 433 g/mol. The Kier molecular flexibility index (Phi) is 7.12. The first-order chi connectivity index (χ1) is 14.3. The molecule has 0 radical (unpaired) electrons. The maximum atomic E-state index is 6.01. The fourth-order valence-corrected chi connectivity index (χ4v) is 9.20. The summed E-state index contributed by atoms with van der Waals surface area (Å²) in [5.41, 5.74) is 2.84. The van der Waals surface area contributed by atoms with Crippen LogP contribution in [-0.2, 0) is 4.74 Å². The van der Waals surface area contributed by atoms with Crippen molar-refractivity contribution < 1.29 is 4.74 Å². The molecule has 9 atom stereocenters. The van der Waals surface area contributed by atoms with Gasteiger partial charge in [0.25, 0.3) is 0 Å². The van der Waals surface area contributed by atoms with E-state index in [2.05, 4.69) is 49.9 Å². The van der Waals surface area contributed by atoms with Gasteiger partial charge in [-0.3, -0.25) is 0 Å². The molecule has 0 heterocycles. The number of hydrogen-bond donors (Lipinski definition) is 0. The Balaban J connectivity index is 1.47. The van der Waals surface area contributed by atoms with Crippen molar-refractivity contribution in [3.05, 3.63) is 11.6 Å². The van der Waals surface area contributed by atoms with Crippen LogP contribution in [0.1, 0.15) is 105 Å². The number of rotatable bonds is 7. The Labute approximate surface area is 189 Å². The largest absolute Gasteiger partial charge is 0.374 e. The van der Waals surface area contributed by atoms with Gasteiger partial charge in [-0.2, -0.15) is 0 Å². The third-order valence-electron chi connectivity index (χ3n) is 10.6. The molecule has 0 amide bonds. The zero-order valence-electron chi connectivity index (χ0n) is 20.6. The molecular formula is C28H49OP. The minimum atomic E-state index is 0.464. The van der Waals surface area contributed by atoms with Crippen LogP contribution in [0.5, 0.6) is 0 Å². The van der Waals surface area contributed by atoms with E-state index in [-0.39, 0.29) is 0 Å². The van der Waals surface area contributed by atoms with Gasteiger partial charge >= 0.3 is 0 Å². The Morgan fingerprint density at radius 2 is 1.83 bits per heavy atom. The fourth-order valence-electron chi connectivity index (χ4n) is 8.93. The second-order valence-electron chi connectivity index (χ2n) is 12.5. The minimum Gasteiger partial charge on any atom is -0.374 e. The molecule has 0 bridgehead atoms. The molecular weight excluding hydrogens is 383 g/mol. The van der Waals surface area contributed by atoms with Crippen molar-refractivity contribution in [2.24, 2.45) is 46.3 Å². The standard InChI is InChI=1S/C28H49OP/c1-19(2)7-6-8-20(3)24-11-12-25-23-10-9-21-17-22(29-18-30)13-15-27(21,4)26(23)14-16-28(24,25)5/h9,19-20,22-26H,6-8,10-18,30H2,1-5H3/t20?,22-,23?,24?,25?,26?,27-,28+/m0/s1. The van der Waals surface area contributed by atoms with Crippen LogP contribution in [0, 0.1) is 46.3 Å². The van der Waals surface area contributed by atoms with Crippen molar-refractivity contribution in [1.29, 1.82) is 0 Å². The molecule has 0 N–H and O–H groups in total. The summed E-state index contributed by atoms with van der Waals surface area (Å²) < 4.78 is 6.01. The predicted octanol–water partition coefficient (Wildman–Crippen LogP) is 8.25. The fraction of sp³-hybridized carbons (Fsp3) is 0.929. The number of hydrogen-bond acceptors (Lipinski definition) is 1. The summed E-state index contributed by atoms with van der Waals surface area (Å²) in [5.74, 6) is 5.61. The van der Waals surface area contributed by atoms with Crippen LogP contribution in [0.4, 0.5) is 0 Å². The number of fused-ring (bicyclic) bond motifs is 5. The van der Waals surface area contributed by atoms with Gasteiger partial charge in [0, 0.05) is 0 Å². The van der Waals surface area contributed by atoms with Crippen molar-refractivity contribution in [3.63, 3.8) is 0 Å². The smallest absolute Gasteiger partial charge is 0.0617 e. The summed E-state index contributed by atoms with van der Waals surface area (Å²) in [5, 5.41) is 0. The van der Waals surface area contributed by atoms with E-state index in [1.165, 1.54) is 70.6 Å². The van der Waals surface area contributed by atoms with E-state index in [0.717, 1.165) is 41.9 Å². The Morgan fingerprint density at radius 3 is 2.57 bits per heavy atom. The molecule has 3 fully saturated rings.